The van der Waals surface area contributed by atoms with E-state index in [2.05, 4.69) is 4.98 Å². The van der Waals surface area contributed by atoms with Crippen LogP contribution < -0.4 is 0 Å². The molecule has 1 aliphatic rings. The predicted molar refractivity (Wildman–Crippen MR) is 126 cm³/mol. The molecule has 33 heavy (non-hydrogen) atoms. The molecular formula is C22H23ClN4O5S. The fraction of sp³-hybridized carbons (Fsp3) is 0.318. The molecule has 174 valence electrons. The lowest BCUT2D eigenvalue weighted by Gasteiger charge is -2.26. The quantitative estimate of drug-likeness (QED) is 0.364. The third kappa shape index (κ3) is 4.79. The third-order valence-electron chi connectivity index (χ3n) is 5.36. The van der Waals surface area contributed by atoms with Gasteiger partial charge in [-0.05, 0) is 36.3 Å². The Morgan fingerprint density at radius 2 is 2.00 bits per heavy atom. The molecule has 0 radical (unpaired) electrons. The van der Waals surface area contributed by atoms with E-state index in [0.29, 0.717) is 54.8 Å². The molecule has 0 aliphatic carbocycles. The summed E-state index contributed by atoms with van der Waals surface area (Å²) in [5.41, 5.74) is 1.81. The molecule has 2 heterocycles. The first-order chi connectivity index (χ1) is 15.8. The van der Waals surface area contributed by atoms with Crippen LogP contribution in [0.3, 0.4) is 0 Å². The van der Waals surface area contributed by atoms with Crippen molar-refractivity contribution < 1.29 is 18.1 Å². The standard InChI is InChI=1S/C22H23ClN4O5S/c1-2-8-26-21-7-6-18(33(30,31)25-9-11-32-12-10-25)15-20(21)24-22(26)19(23)14-16-4-3-5-17(13-16)27(28)29/h3-7,13-15H,2,8-12H2,1H3. The molecule has 1 fully saturated rings. The number of hydrogen-bond donors (Lipinski definition) is 0. The number of fused-ring (bicyclic) bond motifs is 1. The summed E-state index contributed by atoms with van der Waals surface area (Å²) in [6, 6.07) is 11.0. The van der Waals surface area contributed by atoms with Crippen molar-refractivity contribution in [2.75, 3.05) is 26.3 Å². The van der Waals surface area contributed by atoms with Crippen molar-refractivity contribution in [1.82, 2.24) is 13.9 Å². The second-order valence-corrected chi connectivity index (χ2v) is 9.94. The second kappa shape index (κ2) is 9.60. The number of nitro benzene ring substituents is 1. The van der Waals surface area contributed by atoms with E-state index in [-0.39, 0.29) is 10.6 Å². The molecule has 0 amide bonds. The number of morpholine rings is 1. The molecule has 2 aromatic carbocycles. The summed E-state index contributed by atoms with van der Waals surface area (Å²) in [5.74, 6) is 0.473. The van der Waals surface area contributed by atoms with Gasteiger partial charge >= 0.3 is 0 Å². The largest absolute Gasteiger partial charge is 0.379 e. The zero-order chi connectivity index (χ0) is 23.6. The maximum Gasteiger partial charge on any atom is 0.270 e. The van der Waals surface area contributed by atoms with Gasteiger partial charge in [0, 0.05) is 31.8 Å². The molecule has 0 unspecified atom stereocenters. The van der Waals surface area contributed by atoms with Crippen molar-refractivity contribution in [3.05, 3.63) is 64.0 Å². The molecule has 3 aromatic rings. The van der Waals surface area contributed by atoms with Crippen LogP contribution >= 0.6 is 11.6 Å². The van der Waals surface area contributed by atoms with E-state index in [4.69, 9.17) is 16.3 Å². The van der Waals surface area contributed by atoms with E-state index in [1.807, 2.05) is 11.5 Å². The van der Waals surface area contributed by atoms with Gasteiger partial charge in [0.05, 0.1) is 39.1 Å². The molecular weight excluding hydrogens is 468 g/mol. The maximum atomic E-state index is 13.1. The Labute approximate surface area is 196 Å². The number of non-ortho nitro benzene ring substituents is 1. The lowest BCUT2D eigenvalue weighted by atomic mass is 10.2. The van der Waals surface area contributed by atoms with E-state index < -0.39 is 14.9 Å². The number of hydrogen-bond acceptors (Lipinski definition) is 6. The van der Waals surface area contributed by atoms with Crippen molar-refractivity contribution in [1.29, 1.82) is 0 Å². The molecule has 11 heteroatoms. The van der Waals surface area contributed by atoms with Gasteiger partial charge in [0.2, 0.25) is 10.0 Å². The summed E-state index contributed by atoms with van der Waals surface area (Å²) in [4.78, 5) is 15.4. The van der Waals surface area contributed by atoms with Crippen LogP contribution in [0.1, 0.15) is 24.7 Å². The number of sulfonamides is 1. The number of aryl methyl sites for hydroxylation is 1. The van der Waals surface area contributed by atoms with E-state index in [1.165, 1.54) is 16.4 Å². The SMILES string of the molecule is CCCn1c(C(Cl)=Cc2cccc([N+](=O)[O-])c2)nc2cc(S(=O)(=O)N3CCOCC3)ccc21. The summed E-state index contributed by atoms with van der Waals surface area (Å²) >= 11 is 6.60. The van der Waals surface area contributed by atoms with Gasteiger partial charge in [0.15, 0.2) is 5.82 Å². The van der Waals surface area contributed by atoms with Crippen LogP contribution in [0.25, 0.3) is 22.1 Å². The van der Waals surface area contributed by atoms with Crippen LogP contribution in [-0.2, 0) is 21.3 Å². The number of imidazole rings is 1. The van der Waals surface area contributed by atoms with Gasteiger partial charge < -0.3 is 9.30 Å². The smallest absolute Gasteiger partial charge is 0.270 e. The van der Waals surface area contributed by atoms with E-state index in [0.717, 1.165) is 11.9 Å². The molecule has 0 N–H and O–H groups in total. The number of rotatable bonds is 7. The van der Waals surface area contributed by atoms with Gasteiger partial charge in [-0.15, -0.1) is 0 Å². The first kappa shape index (κ1) is 23.4. The lowest BCUT2D eigenvalue weighted by molar-refractivity contribution is -0.384. The van der Waals surface area contributed by atoms with Gasteiger partial charge in [-0.2, -0.15) is 4.31 Å². The average molecular weight is 491 g/mol. The monoisotopic (exact) mass is 490 g/mol. The Morgan fingerprint density at radius 1 is 1.24 bits per heavy atom. The van der Waals surface area contributed by atoms with Crippen LogP contribution in [-0.4, -0.2) is 53.5 Å². The van der Waals surface area contributed by atoms with Crippen molar-refractivity contribution in [3.63, 3.8) is 0 Å². The van der Waals surface area contributed by atoms with Crippen LogP contribution in [0.15, 0.2) is 47.4 Å². The highest BCUT2D eigenvalue weighted by Crippen LogP contribution is 2.29. The molecule has 9 nitrogen and oxygen atoms in total. The Hall–Kier alpha value is -2.79. The van der Waals surface area contributed by atoms with E-state index in [1.54, 1.807) is 36.4 Å². The number of aromatic nitrogens is 2. The zero-order valence-electron chi connectivity index (χ0n) is 18.0. The molecule has 1 saturated heterocycles. The molecule has 1 aliphatic heterocycles. The Morgan fingerprint density at radius 3 is 2.70 bits per heavy atom. The summed E-state index contributed by atoms with van der Waals surface area (Å²) in [7, 11) is -3.66. The molecule has 0 bridgehead atoms. The van der Waals surface area contributed by atoms with E-state index >= 15 is 0 Å². The van der Waals surface area contributed by atoms with Crippen molar-refractivity contribution in [3.8, 4) is 0 Å². The number of nitrogens with zero attached hydrogens (tertiary/aromatic N) is 4. The first-order valence-electron chi connectivity index (χ1n) is 10.5. The minimum atomic E-state index is -3.66. The summed E-state index contributed by atoms with van der Waals surface area (Å²) in [6.45, 7) is 4.01. The van der Waals surface area contributed by atoms with Gasteiger partial charge in [-0.3, -0.25) is 10.1 Å². The van der Waals surface area contributed by atoms with Crippen LogP contribution in [0.5, 0.6) is 0 Å². The zero-order valence-corrected chi connectivity index (χ0v) is 19.6. The Bertz CT molecular complexity index is 1330. The molecule has 0 saturated carbocycles. The van der Waals surface area contributed by atoms with Gasteiger partial charge in [-0.25, -0.2) is 13.4 Å². The van der Waals surface area contributed by atoms with Gasteiger partial charge in [0.25, 0.3) is 5.69 Å². The van der Waals surface area contributed by atoms with Gasteiger partial charge in [-0.1, -0.05) is 30.7 Å². The van der Waals surface area contributed by atoms with Gasteiger partial charge in [0.1, 0.15) is 0 Å². The topological polar surface area (TPSA) is 108 Å². The number of benzene rings is 2. The third-order valence-corrected chi connectivity index (χ3v) is 7.54. The van der Waals surface area contributed by atoms with Crippen LogP contribution in [0.2, 0.25) is 0 Å². The summed E-state index contributed by atoms with van der Waals surface area (Å²) in [6.07, 6.45) is 2.43. The Balaban J connectivity index is 1.76. The van der Waals surface area contributed by atoms with Crippen molar-refractivity contribution >= 4 is 49.5 Å². The highest BCUT2D eigenvalue weighted by atomic mass is 35.5. The highest BCUT2D eigenvalue weighted by molar-refractivity contribution is 7.89. The predicted octanol–water partition coefficient (Wildman–Crippen LogP) is 4.11. The fourth-order valence-electron chi connectivity index (χ4n) is 3.78. The number of ether oxygens (including phenoxy) is 1. The van der Waals surface area contributed by atoms with E-state index in [9.17, 15) is 18.5 Å². The molecule has 0 atom stereocenters. The van der Waals surface area contributed by atoms with Crippen molar-refractivity contribution in [2.24, 2.45) is 0 Å². The summed E-state index contributed by atoms with van der Waals surface area (Å²) < 4.78 is 34.7. The van der Waals surface area contributed by atoms with Crippen LogP contribution in [0.4, 0.5) is 5.69 Å². The average Bonchev–Trinajstić information content (AvgIpc) is 3.18. The van der Waals surface area contributed by atoms with Crippen LogP contribution in [0, 0.1) is 10.1 Å². The number of halogens is 1. The second-order valence-electron chi connectivity index (χ2n) is 7.60. The number of nitro groups is 1. The minimum absolute atomic E-state index is 0.0340. The molecule has 0 spiro atoms. The summed E-state index contributed by atoms with van der Waals surface area (Å²) in [5, 5.41) is 11.4. The lowest BCUT2D eigenvalue weighted by Crippen LogP contribution is -2.40. The minimum Gasteiger partial charge on any atom is -0.379 e. The van der Waals surface area contributed by atoms with Crippen molar-refractivity contribution in [2.45, 2.75) is 24.8 Å². The molecule has 4 rings (SSSR count). The first-order valence-corrected chi connectivity index (χ1v) is 12.3. The highest BCUT2D eigenvalue weighted by Gasteiger charge is 2.27. The normalized spacial score (nSPS) is 15.8. The maximum absolute atomic E-state index is 13.1. The molecule has 1 aromatic heterocycles. The fourth-order valence-corrected chi connectivity index (χ4v) is 5.48. The Kier molecular flexibility index (Phi) is 6.80.